The van der Waals surface area contributed by atoms with Gasteiger partial charge in [0.15, 0.2) is 0 Å². The highest BCUT2D eigenvalue weighted by atomic mass is 32.1. The lowest BCUT2D eigenvalue weighted by atomic mass is 9.85. The van der Waals surface area contributed by atoms with Gasteiger partial charge in [-0.3, -0.25) is 0 Å². The quantitative estimate of drug-likeness (QED) is 0.610. The molecule has 0 aromatic heterocycles. The van der Waals surface area contributed by atoms with Gasteiger partial charge in [0, 0.05) is 11.9 Å². The molecule has 4 atom stereocenters. The molecule has 18 heavy (non-hydrogen) atoms. The van der Waals surface area contributed by atoms with Gasteiger partial charge < -0.3 is 9.47 Å². The number of rotatable bonds is 5. The lowest BCUT2D eigenvalue weighted by Crippen LogP contribution is -2.21. The molecular weight excluding hydrogens is 244 g/mol. The Morgan fingerprint density at radius 2 is 2.00 bits per heavy atom. The Morgan fingerprint density at radius 3 is 2.61 bits per heavy atom. The summed E-state index contributed by atoms with van der Waals surface area (Å²) < 4.78 is 11.1. The monoisotopic (exact) mass is 270 g/mol. The highest BCUT2D eigenvalue weighted by Crippen LogP contribution is 2.33. The van der Waals surface area contributed by atoms with E-state index in [1.807, 2.05) is 0 Å². The van der Waals surface area contributed by atoms with E-state index in [-0.39, 0.29) is 0 Å². The summed E-state index contributed by atoms with van der Waals surface area (Å²) in [6.07, 6.45) is 2.51. The van der Waals surface area contributed by atoms with Gasteiger partial charge in [-0.05, 0) is 48.7 Å². The molecule has 2 aliphatic heterocycles. The van der Waals surface area contributed by atoms with Crippen LogP contribution in [0.3, 0.4) is 0 Å². The fourth-order valence-corrected chi connectivity index (χ4v) is 3.51. The first-order valence-corrected chi connectivity index (χ1v) is 7.63. The molecule has 0 bridgehead atoms. The summed E-state index contributed by atoms with van der Waals surface area (Å²) in [7, 11) is 0. The van der Waals surface area contributed by atoms with Crippen molar-refractivity contribution >= 4 is 12.6 Å². The van der Waals surface area contributed by atoms with Crippen molar-refractivity contribution in [2.75, 3.05) is 26.4 Å². The van der Waals surface area contributed by atoms with Crippen molar-refractivity contribution in [2.45, 2.75) is 38.9 Å². The van der Waals surface area contributed by atoms with Gasteiger partial charge in [-0.25, -0.2) is 0 Å². The molecule has 2 rings (SSSR count). The molecule has 3 heteroatoms. The number of hydrogen-bond acceptors (Lipinski definition) is 3. The van der Waals surface area contributed by atoms with Crippen LogP contribution in [-0.4, -0.2) is 31.7 Å². The smallest absolute Gasteiger partial charge is 0.0687 e. The average Bonchev–Trinajstić information content (AvgIpc) is 2.94. The van der Waals surface area contributed by atoms with Gasteiger partial charge in [0.1, 0.15) is 0 Å². The Bertz CT molecular complexity index is 312. The average molecular weight is 270 g/mol. The fraction of sp³-hybridized carbons (Fsp3) is 0.867. The third-order valence-corrected chi connectivity index (χ3v) is 4.94. The van der Waals surface area contributed by atoms with Gasteiger partial charge in [0.25, 0.3) is 0 Å². The van der Waals surface area contributed by atoms with E-state index in [0.29, 0.717) is 23.0 Å². The molecule has 0 aromatic rings. The Kier molecular flexibility index (Phi) is 5.16. The minimum absolute atomic E-state index is 0.448. The standard InChI is InChI=1S/C15H26O2S/c1-10(14-8-16-6-11(14)2)4-5-13-7-17-9-15(13)12(3)18/h10,12-13,15,18H,4-9H2,1-3H3. The Labute approximate surface area is 117 Å². The minimum atomic E-state index is 0.448. The van der Waals surface area contributed by atoms with E-state index in [1.165, 1.54) is 24.0 Å². The second-order valence-corrected chi connectivity index (χ2v) is 6.79. The number of hydrogen-bond donors (Lipinski definition) is 1. The van der Waals surface area contributed by atoms with Crippen molar-refractivity contribution in [3.63, 3.8) is 0 Å². The summed E-state index contributed by atoms with van der Waals surface area (Å²) in [5.74, 6) is 1.99. The van der Waals surface area contributed by atoms with Crippen LogP contribution in [0.5, 0.6) is 0 Å². The van der Waals surface area contributed by atoms with Crippen LogP contribution in [0.1, 0.15) is 33.6 Å². The van der Waals surface area contributed by atoms with E-state index in [4.69, 9.17) is 9.47 Å². The highest BCUT2D eigenvalue weighted by Gasteiger charge is 2.31. The lowest BCUT2D eigenvalue weighted by Gasteiger charge is -2.22. The summed E-state index contributed by atoms with van der Waals surface area (Å²) in [6.45, 7) is 10.2. The zero-order valence-corrected chi connectivity index (χ0v) is 12.7. The third kappa shape index (κ3) is 3.31. The van der Waals surface area contributed by atoms with Crippen LogP contribution in [-0.2, 0) is 9.47 Å². The molecule has 0 aromatic carbocycles. The van der Waals surface area contributed by atoms with Crippen molar-refractivity contribution in [1.29, 1.82) is 0 Å². The van der Waals surface area contributed by atoms with Gasteiger partial charge in [-0.15, -0.1) is 0 Å². The first-order chi connectivity index (χ1) is 8.59. The largest absolute Gasteiger partial charge is 0.381 e. The molecule has 0 radical (unpaired) electrons. The van der Waals surface area contributed by atoms with Crippen LogP contribution >= 0.6 is 12.6 Å². The molecule has 0 aliphatic carbocycles. The molecule has 2 heterocycles. The molecule has 2 nitrogen and oxygen atoms in total. The van der Waals surface area contributed by atoms with Crippen molar-refractivity contribution < 1.29 is 9.47 Å². The maximum Gasteiger partial charge on any atom is 0.0687 e. The van der Waals surface area contributed by atoms with Crippen LogP contribution in [0.25, 0.3) is 0 Å². The molecule has 1 saturated heterocycles. The summed E-state index contributed by atoms with van der Waals surface area (Å²) in [5.41, 5.74) is 2.98. The van der Waals surface area contributed by atoms with E-state index in [1.54, 1.807) is 0 Å². The van der Waals surface area contributed by atoms with Crippen LogP contribution in [0.2, 0.25) is 0 Å². The first kappa shape index (κ1) is 14.4. The van der Waals surface area contributed by atoms with Gasteiger partial charge in [0.2, 0.25) is 0 Å². The van der Waals surface area contributed by atoms with Crippen molar-refractivity contribution in [3.05, 3.63) is 11.1 Å². The zero-order chi connectivity index (χ0) is 13.1. The molecule has 104 valence electrons. The lowest BCUT2D eigenvalue weighted by molar-refractivity contribution is 0.178. The zero-order valence-electron chi connectivity index (χ0n) is 11.8. The Hall–Kier alpha value is 0.01000. The van der Waals surface area contributed by atoms with Gasteiger partial charge in [-0.2, -0.15) is 12.6 Å². The second kappa shape index (κ2) is 6.44. The fourth-order valence-electron chi connectivity index (χ4n) is 3.18. The first-order valence-electron chi connectivity index (χ1n) is 7.11. The van der Waals surface area contributed by atoms with Gasteiger partial charge >= 0.3 is 0 Å². The van der Waals surface area contributed by atoms with E-state index in [2.05, 4.69) is 33.4 Å². The molecule has 0 N–H and O–H groups in total. The number of ether oxygens (including phenoxy) is 2. The van der Waals surface area contributed by atoms with Crippen LogP contribution < -0.4 is 0 Å². The van der Waals surface area contributed by atoms with Crippen molar-refractivity contribution in [2.24, 2.45) is 17.8 Å². The van der Waals surface area contributed by atoms with Gasteiger partial charge in [0.05, 0.1) is 19.8 Å². The summed E-state index contributed by atoms with van der Waals surface area (Å²) in [6, 6.07) is 0. The third-order valence-electron chi connectivity index (χ3n) is 4.56. The maximum absolute atomic E-state index is 5.62. The van der Waals surface area contributed by atoms with E-state index in [0.717, 1.165) is 26.4 Å². The summed E-state index contributed by atoms with van der Waals surface area (Å²) >= 11 is 4.59. The Morgan fingerprint density at radius 1 is 1.22 bits per heavy atom. The second-order valence-electron chi connectivity index (χ2n) is 5.98. The van der Waals surface area contributed by atoms with E-state index < -0.39 is 0 Å². The molecule has 1 fully saturated rings. The normalized spacial score (nSPS) is 32.0. The molecule has 0 spiro atoms. The molecule has 0 amide bonds. The minimum Gasteiger partial charge on any atom is -0.381 e. The van der Waals surface area contributed by atoms with E-state index >= 15 is 0 Å². The molecule has 0 saturated carbocycles. The highest BCUT2D eigenvalue weighted by molar-refractivity contribution is 7.80. The van der Waals surface area contributed by atoms with Crippen molar-refractivity contribution in [1.82, 2.24) is 0 Å². The SMILES string of the molecule is CC1=C(C(C)CCC2COCC2C(C)S)COC1. The predicted molar refractivity (Wildman–Crippen MR) is 78.2 cm³/mol. The predicted octanol–water partition coefficient (Wildman–Crippen LogP) is 3.33. The molecule has 4 unspecified atom stereocenters. The number of thiol groups is 1. The van der Waals surface area contributed by atoms with Crippen LogP contribution in [0.4, 0.5) is 0 Å². The maximum atomic E-state index is 5.62. The van der Waals surface area contributed by atoms with E-state index in [9.17, 15) is 0 Å². The summed E-state index contributed by atoms with van der Waals surface area (Å²) in [4.78, 5) is 0. The molecule has 2 aliphatic rings. The topological polar surface area (TPSA) is 18.5 Å². The van der Waals surface area contributed by atoms with Crippen LogP contribution in [0.15, 0.2) is 11.1 Å². The summed E-state index contributed by atoms with van der Waals surface area (Å²) in [5, 5.41) is 0.448. The molecular formula is C15H26O2S. The Balaban J connectivity index is 1.82. The van der Waals surface area contributed by atoms with Crippen LogP contribution in [0, 0.1) is 17.8 Å². The van der Waals surface area contributed by atoms with Gasteiger partial charge in [-0.1, -0.05) is 13.8 Å². The van der Waals surface area contributed by atoms with Crippen molar-refractivity contribution in [3.8, 4) is 0 Å².